The molecule has 1 amide bonds. The Kier molecular flexibility index (Phi) is 6.52. The normalized spacial score (nSPS) is 12.7. The van der Waals surface area contributed by atoms with Gasteiger partial charge in [-0.1, -0.05) is 34.1 Å². The van der Waals surface area contributed by atoms with Gasteiger partial charge in [-0.15, -0.1) is 0 Å². The van der Waals surface area contributed by atoms with Gasteiger partial charge in [0.05, 0.1) is 11.8 Å². The first-order valence-corrected chi connectivity index (χ1v) is 10.4. The first-order valence-electron chi connectivity index (χ1n) is 7.74. The van der Waals surface area contributed by atoms with Gasteiger partial charge in [-0.2, -0.15) is 0 Å². The van der Waals surface area contributed by atoms with Crippen LogP contribution in [-0.4, -0.2) is 32.0 Å². The Morgan fingerprint density at radius 1 is 1.15 bits per heavy atom. The van der Waals surface area contributed by atoms with E-state index in [2.05, 4.69) is 15.9 Å². The van der Waals surface area contributed by atoms with E-state index in [-0.39, 0.29) is 5.75 Å². The standard InChI is InChI=1S/C18H18BrF2NO3S/c1-12(14-6-7-16(20)17(21)9-14)22(2)18(23)11-26(24,25)10-13-4-3-5-15(19)8-13/h3-9,12H,10-11H2,1-2H3. The fourth-order valence-corrected chi connectivity index (χ4v) is 4.25. The highest BCUT2D eigenvalue weighted by molar-refractivity contribution is 9.10. The van der Waals surface area contributed by atoms with Crippen LogP contribution >= 0.6 is 15.9 Å². The van der Waals surface area contributed by atoms with Crippen LogP contribution in [0.25, 0.3) is 0 Å². The van der Waals surface area contributed by atoms with Gasteiger partial charge in [0.2, 0.25) is 5.91 Å². The first-order chi connectivity index (χ1) is 12.1. The van der Waals surface area contributed by atoms with E-state index in [1.165, 1.54) is 18.0 Å². The minimum Gasteiger partial charge on any atom is -0.338 e. The molecule has 1 atom stereocenters. The molecule has 0 bridgehead atoms. The molecule has 2 aromatic rings. The highest BCUT2D eigenvalue weighted by Crippen LogP contribution is 2.22. The zero-order chi connectivity index (χ0) is 19.5. The van der Waals surface area contributed by atoms with Gasteiger partial charge in [-0.25, -0.2) is 17.2 Å². The average Bonchev–Trinajstić information content (AvgIpc) is 2.55. The zero-order valence-corrected chi connectivity index (χ0v) is 16.6. The number of carbonyl (C=O) groups excluding carboxylic acids is 1. The zero-order valence-electron chi connectivity index (χ0n) is 14.2. The number of nitrogens with zero attached hydrogens (tertiary/aromatic N) is 1. The van der Waals surface area contributed by atoms with Crippen LogP contribution in [0.1, 0.15) is 24.1 Å². The lowest BCUT2D eigenvalue weighted by atomic mass is 10.1. The summed E-state index contributed by atoms with van der Waals surface area (Å²) in [5, 5.41) is 0. The molecule has 2 rings (SSSR count). The first kappa shape index (κ1) is 20.5. The lowest BCUT2D eigenvalue weighted by molar-refractivity contribution is -0.129. The molecule has 0 saturated heterocycles. The number of hydrogen-bond donors (Lipinski definition) is 0. The molecule has 0 aliphatic heterocycles. The van der Waals surface area contributed by atoms with Gasteiger partial charge < -0.3 is 4.90 Å². The topological polar surface area (TPSA) is 54.5 Å². The van der Waals surface area contributed by atoms with Crippen molar-refractivity contribution in [2.24, 2.45) is 0 Å². The number of hydrogen-bond acceptors (Lipinski definition) is 3. The van der Waals surface area contributed by atoms with Gasteiger partial charge >= 0.3 is 0 Å². The highest BCUT2D eigenvalue weighted by Gasteiger charge is 2.24. The third-order valence-corrected chi connectivity index (χ3v) is 5.97. The summed E-state index contributed by atoms with van der Waals surface area (Å²) in [6, 6.07) is 9.58. The lowest BCUT2D eigenvalue weighted by Gasteiger charge is -2.25. The van der Waals surface area contributed by atoms with Crippen molar-refractivity contribution >= 4 is 31.7 Å². The largest absolute Gasteiger partial charge is 0.338 e. The van der Waals surface area contributed by atoms with Gasteiger partial charge in [-0.3, -0.25) is 4.79 Å². The Labute approximate surface area is 159 Å². The molecule has 8 heteroatoms. The lowest BCUT2D eigenvalue weighted by Crippen LogP contribution is -2.35. The number of sulfone groups is 1. The monoisotopic (exact) mass is 445 g/mol. The van der Waals surface area contributed by atoms with Crippen LogP contribution in [-0.2, 0) is 20.4 Å². The molecule has 0 saturated carbocycles. The highest BCUT2D eigenvalue weighted by atomic mass is 79.9. The summed E-state index contributed by atoms with van der Waals surface area (Å²) in [6.45, 7) is 1.62. The molecule has 1 unspecified atom stereocenters. The molecule has 140 valence electrons. The number of carbonyl (C=O) groups is 1. The van der Waals surface area contributed by atoms with Crippen molar-refractivity contribution in [3.63, 3.8) is 0 Å². The summed E-state index contributed by atoms with van der Waals surface area (Å²) in [7, 11) is -2.24. The Morgan fingerprint density at radius 3 is 2.46 bits per heavy atom. The summed E-state index contributed by atoms with van der Waals surface area (Å²) in [5.74, 6) is -3.53. The maximum Gasteiger partial charge on any atom is 0.238 e. The second-order valence-corrected chi connectivity index (χ2v) is 9.00. The third-order valence-electron chi connectivity index (χ3n) is 4.02. The molecular formula is C18H18BrF2NO3S. The molecule has 0 aliphatic rings. The Balaban J connectivity index is 2.08. The minimum atomic E-state index is -3.67. The van der Waals surface area contributed by atoms with E-state index in [4.69, 9.17) is 0 Å². The van der Waals surface area contributed by atoms with Crippen LogP contribution in [0.2, 0.25) is 0 Å². The molecule has 26 heavy (non-hydrogen) atoms. The summed E-state index contributed by atoms with van der Waals surface area (Å²) < 4.78 is 51.8. The van der Waals surface area contributed by atoms with E-state index in [1.54, 1.807) is 31.2 Å². The van der Waals surface area contributed by atoms with Gasteiger partial charge in [0.25, 0.3) is 0 Å². The van der Waals surface area contributed by atoms with E-state index >= 15 is 0 Å². The van der Waals surface area contributed by atoms with Gasteiger partial charge in [-0.05, 0) is 42.3 Å². The number of halogens is 3. The number of rotatable bonds is 6. The van der Waals surface area contributed by atoms with Crippen molar-refractivity contribution in [3.8, 4) is 0 Å². The van der Waals surface area contributed by atoms with Crippen molar-refractivity contribution in [1.29, 1.82) is 0 Å². The Bertz CT molecular complexity index is 918. The molecule has 0 fully saturated rings. The van der Waals surface area contributed by atoms with Gasteiger partial charge in [0.15, 0.2) is 21.5 Å². The van der Waals surface area contributed by atoms with Crippen LogP contribution in [0.4, 0.5) is 8.78 Å². The van der Waals surface area contributed by atoms with Crippen molar-refractivity contribution in [1.82, 2.24) is 4.90 Å². The minimum absolute atomic E-state index is 0.258. The third kappa shape index (κ3) is 5.35. The summed E-state index contributed by atoms with van der Waals surface area (Å²) >= 11 is 3.27. The van der Waals surface area contributed by atoms with Crippen molar-refractivity contribution in [2.75, 3.05) is 12.8 Å². The van der Waals surface area contributed by atoms with Crippen molar-refractivity contribution in [3.05, 3.63) is 69.7 Å². The molecular weight excluding hydrogens is 428 g/mol. The second-order valence-electron chi connectivity index (χ2n) is 6.02. The van der Waals surface area contributed by atoms with E-state index < -0.39 is 39.2 Å². The SMILES string of the molecule is CC(c1ccc(F)c(F)c1)N(C)C(=O)CS(=O)(=O)Cc1cccc(Br)c1. The molecule has 0 heterocycles. The smallest absolute Gasteiger partial charge is 0.238 e. The van der Waals surface area contributed by atoms with Crippen LogP contribution in [0.5, 0.6) is 0 Å². The van der Waals surface area contributed by atoms with E-state index in [1.807, 2.05) is 0 Å². The molecule has 0 aromatic heterocycles. The summed E-state index contributed by atoms with van der Waals surface area (Å²) in [4.78, 5) is 13.6. The average molecular weight is 446 g/mol. The fourth-order valence-electron chi connectivity index (χ4n) is 2.43. The van der Waals surface area contributed by atoms with E-state index in [9.17, 15) is 22.0 Å². The van der Waals surface area contributed by atoms with E-state index in [0.717, 1.165) is 16.6 Å². The molecule has 0 N–H and O–H groups in total. The van der Waals surface area contributed by atoms with Crippen LogP contribution in [0.15, 0.2) is 46.9 Å². The number of benzene rings is 2. The fraction of sp³-hybridized carbons (Fsp3) is 0.278. The van der Waals surface area contributed by atoms with Gasteiger partial charge in [0.1, 0.15) is 5.75 Å². The molecule has 0 radical (unpaired) electrons. The number of amides is 1. The van der Waals surface area contributed by atoms with Crippen molar-refractivity contribution < 1.29 is 22.0 Å². The Morgan fingerprint density at radius 2 is 1.85 bits per heavy atom. The molecule has 2 aromatic carbocycles. The summed E-state index contributed by atoms with van der Waals surface area (Å²) in [6.07, 6.45) is 0. The van der Waals surface area contributed by atoms with Gasteiger partial charge in [0, 0.05) is 11.5 Å². The molecule has 0 spiro atoms. The maximum absolute atomic E-state index is 13.4. The quantitative estimate of drug-likeness (QED) is 0.678. The van der Waals surface area contributed by atoms with Crippen LogP contribution < -0.4 is 0 Å². The van der Waals surface area contributed by atoms with Crippen molar-refractivity contribution in [2.45, 2.75) is 18.7 Å². The van der Waals surface area contributed by atoms with Crippen LogP contribution in [0.3, 0.4) is 0 Å². The summed E-state index contributed by atoms with van der Waals surface area (Å²) in [5.41, 5.74) is 0.952. The van der Waals surface area contributed by atoms with Crippen LogP contribution in [0, 0.1) is 11.6 Å². The van der Waals surface area contributed by atoms with E-state index in [0.29, 0.717) is 11.1 Å². The molecule has 4 nitrogen and oxygen atoms in total. The second kappa shape index (κ2) is 8.26. The molecule has 0 aliphatic carbocycles. The predicted octanol–water partition coefficient (Wildman–Crippen LogP) is 3.86. The Hall–Kier alpha value is -1.80. The maximum atomic E-state index is 13.4. The predicted molar refractivity (Wildman–Crippen MR) is 99.2 cm³/mol.